The Morgan fingerprint density at radius 1 is 1.00 bits per heavy atom. The topological polar surface area (TPSA) is 93.2 Å². The van der Waals surface area contributed by atoms with Crippen LogP contribution in [-0.2, 0) is 11.2 Å². The predicted molar refractivity (Wildman–Crippen MR) is 112 cm³/mol. The van der Waals surface area contributed by atoms with Gasteiger partial charge in [-0.15, -0.1) is 0 Å². The van der Waals surface area contributed by atoms with E-state index >= 15 is 0 Å². The van der Waals surface area contributed by atoms with E-state index in [-0.39, 0.29) is 17.5 Å². The highest BCUT2D eigenvalue weighted by Gasteiger charge is 2.12. The molecule has 0 aliphatic carbocycles. The third-order valence-corrected chi connectivity index (χ3v) is 4.25. The fourth-order valence-electron chi connectivity index (χ4n) is 2.73. The third kappa shape index (κ3) is 5.16. The molecule has 7 heteroatoms. The molecule has 0 radical (unpaired) electrons. The SMILES string of the molecule is CCc1ccc(NC(=O)c2cc(C)nc(Nc3cccc(C(=O)OC)c3)n2)cc1. The summed E-state index contributed by atoms with van der Waals surface area (Å²) in [5.74, 6) is -0.502. The van der Waals surface area contributed by atoms with Gasteiger partial charge in [0.05, 0.1) is 12.7 Å². The van der Waals surface area contributed by atoms with Crippen LogP contribution >= 0.6 is 0 Å². The van der Waals surface area contributed by atoms with E-state index in [2.05, 4.69) is 27.5 Å². The second-order valence-electron chi connectivity index (χ2n) is 6.42. The second-order valence-corrected chi connectivity index (χ2v) is 6.42. The maximum absolute atomic E-state index is 12.6. The van der Waals surface area contributed by atoms with E-state index in [9.17, 15) is 9.59 Å². The Labute approximate surface area is 169 Å². The zero-order valence-corrected chi connectivity index (χ0v) is 16.5. The average Bonchev–Trinajstić information content (AvgIpc) is 2.73. The molecule has 0 aliphatic heterocycles. The number of esters is 1. The van der Waals surface area contributed by atoms with Gasteiger partial charge in [0.15, 0.2) is 0 Å². The number of aromatic nitrogens is 2. The van der Waals surface area contributed by atoms with E-state index in [4.69, 9.17) is 4.74 Å². The fraction of sp³-hybridized carbons (Fsp3) is 0.182. The number of hydrogen-bond donors (Lipinski definition) is 2. The Kier molecular flexibility index (Phi) is 6.19. The van der Waals surface area contributed by atoms with Crippen molar-refractivity contribution < 1.29 is 14.3 Å². The number of methoxy groups -OCH3 is 1. The van der Waals surface area contributed by atoms with Crippen molar-refractivity contribution in [2.75, 3.05) is 17.7 Å². The molecule has 1 aromatic heterocycles. The van der Waals surface area contributed by atoms with Gasteiger partial charge in [-0.3, -0.25) is 4.79 Å². The number of carbonyl (C=O) groups excluding carboxylic acids is 2. The van der Waals surface area contributed by atoms with Crippen LogP contribution in [0.15, 0.2) is 54.6 Å². The van der Waals surface area contributed by atoms with Crippen molar-refractivity contribution in [2.24, 2.45) is 0 Å². The first kappa shape index (κ1) is 20.0. The van der Waals surface area contributed by atoms with Crippen LogP contribution in [0.4, 0.5) is 17.3 Å². The summed E-state index contributed by atoms with van der Waals surface area (Å²) >= 11 is 0. The summed E-state index contributed by atoms with van der Waals surface area (Å²) in [6.07, 6.45) is 0.936. The van der Waals surface area contributed by atoms with E-state index in [1.54, 1.807) is 37.3 Å². The molecule has 0 saturated heterocycles. The quantitative estimate of drug-likeness (QED) is 0.615. The Morgan fingerprint density at radius 3 is 2.45 bits per heavy atom. The molecule has 0 saturated carbocycles. The van der Waals surface area contributed by atoms with Crippen LogP contribution in [0.2, 0.25) is 0 Å². The lowest BCUT2D eigenvalue weighted by molar-refractivity contribution is 0.0600. The van der Waals surface area contributed by atoms with Gasteiger partial charge in [-0.25, -0.2) is 14.8 Å². The Bertz CT molecular complexity index is 1030. The number of carbonyl (C=O) groups is 2. The number of ether oxygens (including phenoxy) is 1. The molecule has 0 bridgehead atoms. The summed E-state index contributed by atoms with van der Waals surface area (Å²) in [6.45, 7) is 3.86. The van der Waals surface area contributed by atoms with Gasteiger partial charge in [-0.1, -0.05) is 25.1 Å². The van der Waals surface area contributed by atoms with Crippen LogP contribution < -0.4 is 10.6 Å². The predicted octanol–water partition coefficient (Wildman–Crippen LogP) is 4.13. The Balaban J connectivity index is 1.78. The first-order chi connectivity index (χ1) is 14.0. The summed E-state index contributed by atoms with van der Waals surface area (Å²) in [6, 6.07) is 16.1. The summed E-state index contributed by atoms with van der Waals surface area (Å²) < 4.78 is 4.73. The minimum Gasteiger partial charge on any atom is -0.465 e. The van der Waals surface area contributed by atoms with Gasteiger partial charge in [-0.2, -0.15) is 0 Å². The lowest BCUT2D eigenvalue weighted by Gasteiger charge is -2.10. The number of amides is 1. The molecule has 7 nitrogen and oxygen atoms in total. The molecule has 0 atom stereocenters. The zero-order valence-electron chi connectivity index (χ0n) is 16.5. The van der Waals surface area contributed by atoms with Gasteiger partial charge in [-0.05, 0) is 55.3 Å². The molecule has 2 N–H and O–H groups in total. The number of benzene rings is 2. The zero-order chi connectivity index (χ0) is 20.8. The molecule has 29 heavy (non-hydrogen) atoms. The van der Waals surface area contributed by atoms with Crippen LogP contribution in [-0.4, -0.2) is 29.0 Å². The standard InChI is InChI=1S/C22H22N4O3/c1-4-15-8-10-17(11-9-15)24-20(27)19-12-14(2)23-22(26-19)25-18-7-5-6-16(13-18)21(28)29-3/h5-13H,4H2,1-3H3,(H,24,27)(H,23,25,26). The lowest BCUT2D eigenvalue weighted by Crippen LogP contribution is -2.15. The largest absolute Gasteiger partial charge is 0.465 e. The smallest absolute Gasteiger partial charge is 0.337 e. The van der Waals surface area contributed by atoms with Crippen LogP contribution in [0, 0.1) is 6.92 Å². The van der Waals surface area contributed by atoms with Gasteiger partial charge < -0.3 is 15.4 Å². The van der Waals surface area contributed by atoms with Crippen LogP contribution in [0.25, 0.3) is 0 Å². The molecular weight excluding hydrogens is 368 g/mol. The minimum atomic E-state index is -0.437. The van der Waals surface area contributed by atoms with E-state index in [0.29, 0.717) is 22.6 Å². The van der Waals surface area contributed by atoms with Gasteiger partial charge in [0, 0.05) is 17.1 Å². The van der Waals surface area contributed by atoms with Crippen LogP contribution in [0.1, 0.15) is 39.0 Å². The van der Waals surface area contributed by atoms with Crippen molar-refractivity contribution >= 4 is 29.2 Å². The maximum Gasteiger partial charge on any atom is 0.337 e. The summed E-state index contributed by atoms with van der Waals surface area (Å²) in [7, 11) is 1.33. The van der Waals surface area contributed by atoms with Gasteiger partial charge >= 0.3 is 5.97 Å². The summed E-state index contributed by atoms with van der Waals surface area (Å²) in [5, 5.41) is 5.87. The van der Waals surface area contributed by atoms with Crippen molar-refractivity contribution in [3.8, 4) is 0 Å². The van der Waals surface area contributed by atoms with E-state index in [1.807, 2.05) is 24.3 Å². The molecule has 2 aromatic carbocycles. The monoisotopic (exact) mass is 390 g/mol. The molecule has 1 amide bonds. The number of anilines is 3. The second kappa shape index (κ2) is 8.97. The molecule has 0 fully saturated rings. The first-order valence-corrected chi connectivity index (χ1v) is 9.20. The molecule has 3 rings (SSSR count). The van der Waals surface area contributed by atoms with Gasteiger partial charge in [0.1, 0.15) is 5.69 Å². The van der Waals surface area contributed by atoms with Crippen molar-refractivity contribution in [3.05, 3.63) is 77.1 Å². The maximum atomic E-state index is 12.6. The summed E-state index contributed by atoms with van der Waals surface area (Å²) in [5.41, 5.74) is 3.78. The number of nitrogens with one attached hydrogen (secondary N) is 2. The lowest BCUT2D eigenvalue weighted by atomic mass is 10.1. The average molecular weight is 390 g/mol. The van der Waals surface area contributed by atoms with E-state index in [0.717, 1.165) is 6.42 Å². The van der Waals surface area contributed by atoms with Gasteiger partial charge in [0.2, 0.25) is 5.95 Å². The highest BCUT2D eigenvalue weighted by Crippen LogP contribution is 2.17. The number of hydrogen-bond acceptors (Lipinski definition) is 6. The Morgan fingerprint density at radius 2 is 1.76 bits per heavy atom. The first-order valence-electron chi connectivity index (χ1n) is 9.20. The normalized spacial score (nSPS) is 10.3. The van der Waals surface area contributed by atoms with Crippen molar-refractivity contribution in [1.29, 1.82) is 0 Å². The van der Waals surface area contributed by atoms with Crippen molar-refractivity contribution in [1.82, 2.24) is 9.97 Å². The summed E-state index contributed by atoms with van der Waals surface area (Å²) in [4.78, 5) is 32.9. The Hall–Kier alpha value is -3.74. The van der Waals surface area contributed by atoms with E-state index in [1.165, 1.54) is 12.7 Å². The molecule has 3 aromatic rings. The highest BCUT2D eigenvalue weighted by molar-refractivity contribution is 6.03. The van der Waals surface area contributed by atoms with Crippen LogP contribution in [0.5, 0.6) is 0 Å². The molecule has 148 valence electrons. The fourth-order valence-corrected chi connectivity index (χ4v) is 2.73. The molecule has 1 heterocycles. The molecule has 0 unspecified atom stereocenters. The minimum absolute atomic E-state index is 0.240. The molecular formula is C22H22N4O3. The molecule has 0 spiro atoms. The third-order valence-electron chi connectivity index (χ3n) is 4.25. The number of nitrogens with zero attached hydrogens (tertiary/aromatic N) is 2. The number of aryl methyl sites for hydroxylation is 2. The number of rotatable bonds is 6. The highest BCUT2D eigenvalue weighted by atomic mass is 16.5. The van der Waals surface area contributed by atoms with Crippen molar-refractivity contribution in [2.45, 2.75) is 20.3 Å². The molecule has 0 aliphatic rings. The van der Waals surface area contributed by atoms with Gasteiger partial charge in [0.25, 0.3) is 5.91 Å². The van der Waals surface area contributed by atoms with Crippen LogP contribution in [0.3, 0.4) is 0 Å². The van der Waals surface area contributed by atoms with Crippen molar-refractivity contribution in [3.63, 3.8) is 0 Å². The van der Waals surface area contributed by atoms with E-state index < -0.39 is 5.97 Å².